The summed E-state index contributed by atoms with van der Waals surface area (Å²) >= 11 is 0. The SMILES string of the molecule is CCCOC(=O)C(CC)(CC)C(=O)Oc1ccc2ccccc2c1. The zero-order valence-corrected chi connectivity index (χ0v) is 14.5. The maximum absolute atomic E-state index is 12.7. The third-order valence-electron chi connectivity index (χ3n) is 4.36. The normalized spacial score (nSPS) is 11.3. The molecular weight excluding hydrogens is 304 g/mol. The minimum atomic E-state index is -1.25. The lowest BCUT2D eigenvalue weighted by Crippen LogP contribution is -2.42. The maximum atomic E-state index is 12.7. The Morgan fingerprint density at radius 3 is 2.21 bits per heavy atom. The summed E-state index contributed by atoms with van der Waals surface area (Å²) in [4.78, 5) is 25.1. The van der Waals surface area contributed by atoms with E-state index in [1.165, 1.54) is 0 Å². The van der Waals surface area contributed by atoms with Gasteiger partial charge in [0, 0.05) is 0 Å². The summed E-state index contributed by atoms with van der Waals surface area (Å²) in [6.45, 7) is 5.83. The number of benzene rings is 2. The number of fused-ring (bicyclic) bond motifs is 1. The molecule has 4 nitrogen and oxygen atoms in total. The number of hydrogen-bond acceptors (Lipinski definition) is 4. The van der Waals surface area contributed by atoms with E-state index in [2.05, 4.69) is 0 Å². The Hall–Kier alpha value is -2.36. The van der Waals surface area contributed by atoms with Gasteiger partial charge in [0.25, 0.3) is 0 Å². The highest BCUT2D eigenvalue weighted by Crippen LogP contribution is 2.31. The van der Waals surface area contributed by atoms with Crippen LogP contribution in [0.3, 0.4) is 0 Å². The lowest BCUT2D eigenvalue weighted by atomic mass is 9.82. The molecule has 0 heterocycles. The molecule has 0 N–H and O–H groups in total. The second-order valence-corrected chi connectivity index (χ2v) is 5.82. The molecule has 0 atom stereocenters. The zero-order chi connectivity index (χ0) is 17.6. The van der Waals surface area contributed by atoms with E-state index in [9.17, 15) is 9.59 Å². The highest BCUT2D eigenvalue weighted by Gasteiger charge is 2.46. The standard InChI is InChI=1S/C20H24O4/c1-4-13-23-18(21)20(5-2,6-3)19(22)24-17-12-11-15-9-7-8-10-16(15)14-17/h7-12,14H,4-6,13H2,1-3H3. The van der Waals surface area contributed by atoms with Crippen LogP contribution >= 0.6 is 0 Å². The summed E-state index contributed by atoms with van der Waals surface area (Å²) < 4.78 is 10.8. The number of hydrogen-bond donors (Lipinski definition) is 0. The van der Waals surface area contributed by atoms with Crippen molar-refractivity contribution < 1.29 is 19.1 Å². The van der Waals surface area contributed by atoms with Crippen LogP contribution in [0.1, 0.15) is 40.0 Å². The molecule has 0 fully saturated rings. The summed E-state index contributed by atoms with van der Waals surface area (Å²) in [5.41, 5.74) is -1.25. The second-order valence-electron chi connectivity index (χ2n) is 5.82. The fraction of sp³-hybridized carbons (Fsp3) is 0.400. The number of ether oxygens (including phenoxy) is 2. The van der Waals surface area contributed by atoms with Gasteiger partial charge in [-0.1, -0.05) is 51.1 Å². The van der Waals surface area contributed by atoms with Crippen molar-refractivity contribution in [3.63, 3.8) is 0 Å². The van der Waals surface area contributed by atoms with Gasteiger partial charge in [0.15, 0.2) is 5.41 Å². The summed E-state index contributed by atoms with van der Waals surface area (Å²) in [5, 5.41) is 2.05. The van der Waals surface area contributed by atoms with Crippen molar-refractivity contribution in [2.24, 2.45) is 5.41 Å². The number of rotatable bonds is 7. The first-order chi connectivity index (χ1) is 11.6. The molecule has 0 unspecified atom stereocenters. The van der Waals surface area contributed by atoms with Gasteiger partial charge in [-0.15, -0.1) is 0 Å². The lowest BCUT2D eigenvalue weighted by molar-refractivity contribution is -0.168. The van der Waals surface area contributed by atoms with Gasteiger partial charge in [-0.25, -0.2) is 0 Å². The molecule has 2 aromatic rings. The van der Waals surface area contributed by atoms with Crippen LogP contribution in [0.5, 0.6) is 5.75 Å². The fourth-order valence-corrected chi connectivity index (χ4v) is 2.68. The number of carbonyl (C=O) groups excluding carboxylic acids is 2. The maximum Gasteiger partial charge on any atom is 0.328 e. The van der Waals surface area contributed by atoms with Crippen LogP contribution in [0.2, 0.25) is 0 Å². The van der Waals surface area contributed by atoms with Crippen molar-refractivity contribution in [2.45, 2.75) is 40.0 Å². The summed E-state index contributed by atoms with van der Waals surface area (Å²) in [6.07, 6.45) is 1.41. The van der Waals surface area contributed by atoms with Gasteiger partial charge in [0.05, 0.1) is 6.61 Å². The van der Waals surface area contributed by atoms with Crippen molar-refractivity contribution in [1.82, 2.24) is 0 Å². The van der Waals surface area contributed by atoms with Gasteiger partial charge >= 0.3 is 11.9 Å². The highest BCUT2D eigenvalue weighted by atomic mass is 16.6. The number of carbonyl (C=O) groups is 2. The first kappa shape index (κ1) is 18.0. The van der Waals surface area contributed by atoms with Crippen molar-refractivity contribution in [2.75, 3.05) is 6.61 Å². The highest BCUT2D eigenvalue weighted by molar-refractivity contribution is 6.01. The first-order valence-corrected chi connectivity index (χ1v) is 8.45. The quantitative estimate of drug-likeness (QED) is 0.426. The van der Waals surface area contributed by atoms with Crippen LogP contribution in [-0.4, -0.2) is 18.5 Å². The van der Waals surface area contributed by atoms with Crippen LogP contribution in [0.4, 0.5) is 0 Å². The largest absolute Gasteiger partial charge is 0.465 e. The molecular formula is C20H24O4. The van der Waals surface area contributed by atoms with E-state index in [1.54, 1.807) is 26.0 Å². The Balaban J connectivity index is 2.24. The van der Waals surface area contributed by atoms with E-state index in [0.29, 0.717) is 25.2 Å². The smallest absolute Gasteiger partial charge is 0.328 e. The molecule has 128 valence electrons. The minimum absolute atomic E-state index is 0.309. The Morgan fingerprint density at radius 2 is 1.58 bits per heavy atom. The minimum Gasteiger partial charge on any atom is -0.465 e. The van der Waals surface area contributed by atoms with Crippen LogP contribution in [-0.2, 0) is 14.3 Å². The Bertz CT molecular complexity index is 716. The van der Waals surface area contributed by atoms with Gasteiger partial charge < -0.3 is 9.47 Å². The molecule has 2 rings (SSSR count). The molecule has 0 amide bonds. The molecule has 0 spiro atoms. The topological polar surface area (TPSA) is 52.6 Å². The molecule has 0 aliphatic rings. The molecule has 0 aliphatic heterocycles. The predicted octanol–water partition coefficient (Wildman–Crippen LogP) is 4.50. The molecule has 24 heavy (non-hydrogen) atoms. The van der Waals surface area contributed by atoms with Crippen LogP contribution in [0.25, 0.3) is 10.8 Å². The van der Waals surface area contributed by atoms with Crippen molar-refractivity contribution in [3.05, 3.63) is 42.5 Å². The van der Waals surface area contributed by atoms with Gasteiger partial charge in [-0.3, -0.25) is 9.59 Å². The molecule has 0 aliphatic carbocycles. The second kappa shape index (κ2) is 7.95. The van der Waals surface area contributed by atoms with Gasteiger partial charge in [0.2, 0.25) is 0 Å². The van der Waals surface area contributed by atoms with Crippen molar-refractivity contribution in [1.29, 1.82) is 0 Å². The van der Waals surface area contributed by atoms with E-state index in [1.807, 2.05) is 37.3 Å². The fourth-order valence-electron chi connectivity index (χ4n) is 2.68. The summed E-state index contributed by atoms with van der Waals surface area (Å²) in [5.74, 6) is -0.614. The zero-order valence-electron chi connectivity index (χ0n) is 14.5. The van der Waals surface area contributed by atoms with Gasteiger partial charge in [0.1, 0.15) is 5.75 Å². The van der Waals surface area contributed by atoms with E-state index >= 15 is 0 Å². The van der Waals surface area contributed by atoms with E-state index in [0.717, 1.165) is 17.2 Å². The summed E-state index contributed by atoms with van der Waals surface area (Å²) in [7, 11) is 0. The van der Waals surface area contributed by atoms with Crippen molar-refractivity contribution in [3.8, 4) is 5.75 Å². The van der Waals surface area contributed by atoms with Gasteiger partial charge in [-0.05, 0) is 42.2 Å². The average molecular weight is 328 g/mol. The molecule has 2 aromatic carbocycles. The van der Waals surface area contributed by atoms with E-state index < -0.39 is 17.4 Å². The van der Waals surface area contributed by atoms with E-state index in [4.69, 9.17) is 9.47 Å². The summed E-state index contributed by atoms with van der Waals surface area (Å²) in [6, 6.07) is 13.3. The molecule has 0 saturated heterocycles. The van der Waals surface area contributed by atoms with Crippen LogP contribution in [0, 0.1) is 5.41 Å². The first-order valence-electron chi connectivity index (χ1n) is 8.45. The third-order valence-corrected chi connectivity index (χ3v) is 4.36. The van der Waals surface area contributed by atoms with E-state index in [-0.39, 0.29) is 0 Å². The lowest BCUT2D eigenvalue weighted by Gasteiger charge is -2.26. The van der Waals surface area contributed by atoms with Gasteiger partial charge in [-0.2, -0.15) is 0 Å². The van der Waals surface area contributed by atoms with Crippen molar-refractivity contribution >= 4 is 22.7 Å². The van der Waals surface area contributed by atoms with Crippen LogP contribution in [0.15, 0.2) is 42.5 Å². The Kier molecular flexibility index (Phi) is 5.96. The third kappa shape index (κ3) is 3.58. The van der Waals surface area contributed by atoms with Crippen LogP contribution < -0.4 is 4.74 Å². The molecule has 0 saturated carbocycles. The Morgan fingerprint density at radius 1 is 0.917 bits per heavy atom. The Labute approximate surface area is 142 Å². The average Bonchev–Trinajstić information content (AvgIpc) is 2.61. The monoisotopic (exact) mass is 328 g/mol. The molecule has 0 aromatic heterocycles. The molecule has 0 bridgehead atoms. The predicted molar refractivity (Wildman–Crippen MR) is 93.8 cm³/mol. The molecule has 0 radical (unpaired) electrons. The molecule has 4 heteroatoms. The number of esters is 2.